The van der Waals surface area contributed by atoms with Crippen LogP contribution in [0.25, 0.3) is 0 Å². The molecule has 0 aliphatic carbocycles. The molecule has 3 rings (SSSR count). The number of hydrogen-bond donors (Lipinski definition) is 4. The van der Waals surface area contributed by atoms with Crippen molar-refractivity contribution < 1.29 is 14.3 Å². The third-order valence-electron chi connectivity index (χ3n) is 5.75. The Kier molecular flexibility index (Phi) is 10.3. The Labute approximate surface area is 217 Å². The third kappa shape index (κ3) is 8.09. The maximum absolute atomic E-state index is 13.1. The number of rotatable bonds is 12. The van der Waals surface area contributed by atoms with Crippen LogP contribution in [0, 0.1) is 0 Å². The standard InChI is InChI=1S/C28H33ClN4O3/c1-2-36-23-12-9-20(10-13-23)15-25(31)27(34)33-26(16-19-6-4-3-5-7-19)28(35)32-18-21-8-11-22(17-30)24(29)14-21/h3-14,25-26H,2,15-18,30-31H2,1H3,(H,32,35)(H,33,34)/t25-,26+/m1/s1. The lowest BCUT2D eigenvalue weighted by Crippen LogP contribution is -2.52. The molecule has 0 unspecified atom stereocenters. The normalized spacial score (nSPS) is 12.4. The van der Waals surface area contributed by atoms with E-state index in [2.05, 4.69) is 10.6 Å². The summed E-state index contributed by atoms with van der Waals surface area (Å²) in [5.41, 5.74) is 15.4. The number of amides is 2. The van der Waals surface area contributed by atoms with E-state index in [1.807, 2.05) is 73.7 Å². The molecule has 0 bridgehead atoms. The summed E-state index contributed by atoms with van der Waals surface area (Å²) in [6, 6.07) is 20.9. The van der Waals surface area contributed by atoms with Crippen LogP contribution in [-0.2, 0) is 35.5 Å². The summed E-state index contributed by atoms with van der Waals surface area (Å²) in [7, 11) is 0. The Morgan fingerprint density at radius 3 is 2.22 bits per heavy atom. The first kappa shape index (κ1) is 27.2. The van der Waals surface area contributed by atoms with Gasteiger partial charge in [0.1, 0.15) is 11.8 Å². The van der Waals surface area contributed by atoms with E-state index in [9.17, 15) is 9.59 Å². The first-order valence-corrected chi connectivity index (χ1v) is 12.3. The fourth-order valence-corrected chi connectivity index (χ4v) is 4.03. The zero-order chi connectivity index (χ0) is 25.9. The molecule has 190 valence electrons. The molecule has 3 aromatic carbocycles. The molecule has 36 heavy (non-hydrogen) atoms. The maximum Gasteiger partial charge on any atom is 0.243 e. The molecule has 6 N–H and O–H groups in total. The van der Waals surface area contributed by atoms with Crippen molar-refractivity contribution in [1.82, 2.24) is 10.6 Å². The second kappa shape index (κ2) is 13.6. The molecule has 7 nitrogen and oxygen atoms in total. The van der Waals surface area contributed by atoms with Crippen molar-refractivity contribution in [3.63, 3.8) is 0 Å². The lowest BCUT2D eigenvalue weighted by atomic mass is 10.0. The summed E-state index contributed by atoms with van der Waals surface area (Å²) < 4.78 is 5.45. The van der Waals surface area contributed by atoms with Gasteiger partial charge in [-0.1, -0.05) is 66.2 Å². The van der Waals surface area contributed by atoms with E-state index >= 15 is 0 Å². The Balaban J connectivity index is 1.65. The van der Waals surface area contributed by atoms with Crippen molar-refractivity contribution in [1.29, 1.82) is 0 Å². The summed E-state index contributed by atoms with van der Waals surface area (Å²) in [6.45, 7) is 3.11. The number of halogens is 1. The molecular weight excluding hydrogens is 476 g/mol. The summed E-state index contributed by atoms with van der Waals surface area (Å²) in [4.78, 5) is 26.1. The van der Waals surface area contributed by atoms with E-state index in [0.29, 0.717) is 31.0 Å². The third-order valence-corrected chi connectivity index (χ3v) is 6.10. The molecule has 0 aliphatic heterocycles. The molecule has 0 spiro atoms. The van der Waals surface area contributed by atoms with Gasteiger partial charge in [-0.15, -0.1) is 0 Å². The van der Waals surface area contributed by atoms with Gasteiger partial charge in [-0.25, -0.2) is 0 Å². The minimum absolute atomic E-state index is 0.267. The fraction of sp³-hybridized carbons (Fsp3) is 0.286. The molecule has 3 aromatic rings. The first-order chi connectivity index (χ1) is 17.4. The van der Waals surface area contributed by atoms with Gasteiger partial charge in [0.05, 0.1) is 12.6 Å². The van der Waals surface area contributed by atoms with Gasteiger partial charge < -0.3 is 26.8 Å². The summed E-state index contributed by atoms with van der Waals surface area (Å²) >= 11 is 6.24. The second-order valence-electron chi connectivity index (χ2n) is 8.49. The zero-order valence-electron chi connectivity index (χ0n) is 20.4. The van der Waals surface area contributed by atoms with Crippen LogP contribution in [0.1, 0.15) is 29.2 Å². The van der Waals surface area contributed by atoms with E-state index < -0.39 is 18.0 Å². The number of nitrogens with two attached hydrogens (primary N) is 2. The van der Waals surface area contributed by atoms with Gasteiger partial charge in [0, 0.05) is 24.5 Å². The minimum atomic E-state index is -0.809. The van der Waals surface area contributed by atoms with Crippen molar-refractivity contribution in [3.8, 4) is 5.75 Å². The highest BCUT2D eigenvalue weighted by Gasteiger charge is 2.24. The summed E-state index contributed by atoms with van der Waals surface area (Å²) in [5.74, 6) is 0.0626. The van der Waals surface area contributed by atoms with Crippen molar-refractivity contribution >= 4 is 23.4 Å². The molecule has 0 radical (unpaired) electrons. The summed E-state index contributed by atoms with van der Waals surface area (Å²) in [6.07, 6.45) is 0.672. The highest BCUT2D eigenvalue weighted by Crippen LogP contribution is 2.17. The highest BCUT2D eigenvalue weighted by atomic mass is 35.5. The molecule has 0 aliphatic rings. The monoisotopic (exact) mass is 508 g/mol. The number of nitrogens with one attached hydrogen (secondary N) is 2. The molecule has 0 saturated carbocycles. The molecule has 8 heteroatoms. The van der Waals surface area contributed by atoms with E-state index in [-0.39, 0.29) is 12.5 Å². The van der Waals surface area contributed by atoms with Gasteiger partial charge in [-0.05, 0) is 53.8 Å². The average Bonchev–Trinajstić information content (AvgIpc) is 2.88. The predicted octanol–water partition coefficient (Wildman–Crippen LogP) is 3.11. The fourth-order valence-electron chi connectivity index (χ4n) is 3.75. The number of benzene rings is 3. The molecule has 0 fully saturated rings. The van der Waals surface area contributed by atoms with Crippen LogP contribution in [0.4, 0.5) is 0 Å². The SMILES string of the molecule is CCOc1ccc(C[C@@H](N)C(=O)N[C@@H](Cc2ccccc2)C(=O)NCc2ccc(CN)c(Cl)c2)cc1. The van der Waals surface area contributed by atoms with Gasteiger partial charge in [-0.2, -0.15) is 0 Å². The van der Waals surface area contributed by atoms with Crippen LogP contribution in [0.15, 0.2) is 72.8 Å². The number of ether oxygens (including phenoxy) is 1. The Morgan fingerprint density at radius 2 is 1.58 bits per heavy atom. The van der Waals surface area contributed by atoms with Crippen LogP contribution in [0.2, 0.25) is 5.02 Å². The van der Waals surface area contributed by atoms with Gasteiger partial charge in [0.15, 0.2) is 0 Å². The van der Waals surface area contributed by atoms with Crippen LogP contribution >= 0.6 is 11.6 Å². The van der Waals surface area contributed by atoms with Crippen LogP contribution in [0.5, 0.6) is 5.75 Å². The predicted molar refractivity (Wildman–Crippen MR) is 143 cm³/mol. The maximum atomic E-state index is 13.1. The first-order valence-electron chi connectivity index (χ1n) is 12.0. The topological polar surface area (TPSA) is 119 Å². The van der Waals surface area contributed by atoms with Gasteiger partial charge in [-0.3, -0.25) is 9.59 Å². The Morgan fingerprint density at radius 1 is 0.917 bits per heavy atom. The van der Waals surface area contributed by atoms with E-state index in [4.69, 9.17) is 27.8 Å². The van der Waals surface area contributed by atoms with E-state index in [1.54, 1.807) is 6.07 Å². The molecule has 2 atom stereocenters. The van der Waals surface area contributed by atoms with Crippen molar-refractivity contribution in [2.75, 3.05) is 6.61 Å². The minimum Gasteiger partial charge on any atom is -0.494 e. The molecule has 0 saturated heterocycles. The zero-order valence-corrected chi connectivity index (χ0v) is 21.1. The lowest BCUT2D eigenvalue weighted by Gasteiger charge is -2.21. The van der Waals surface area contributed by atoms with Gasteiger partial charge in [0.2, 0.25) is 11.8 Å². The van der Waals surface area contributed by atoms with E-state index in [1.165, 1.54) is 0 Å². The largest absolute Gasteiger partial charge is 0.494 e. The van der Waals surface area contributed by atoms with Crippen molar-refractivity contribution in [3.05, 3.63) is 100 Å². The quantitative estimate of drug-likeness (QED) is 0.300. The van der Waals surface area contributed by atoms with Crippen LogP contribution in [0.3, 0.4) is 0 Å². The highest BCUT2D eigenvalue weighted by molar-refractivity contribution is 6.31. The Bertz CT molecular complexity index is 1140. The molecule has 0 aromatic heterocycles. The molecule has 2 amide bonds. The second-order valence-corrected chi connectivity index (χ2v) is 8.89. The van der Waals surface area contributed by atoms with E-state index in [0.717, 1.165) is 28.0 Å². The molecule has 0 heterocycles. The average molecular weight is 509 g/mol. The number of carbonyl (C=O) groups excluding carboxylic acids is 2. The van der Waals surface area contributed by atoms with Crippen molar-refractivity contribution in [2.24, 2.45) is 11.5 Å². The number of hydrogen-bond acceptors (Lipinski definition) is 5. The van der Waals surface area contributed by atoms with Crippen LogP contribution < -0.4 is 26.8 Å². The van der Waals surface area contributed by atoms with Gasteiger partial charge in [0.25, 0.3) is 0 Å². The van der Waals surface area contributed by atoms with Gasteiger partial charge >= 0.3 is 0 Å². The number of carbonyl (C=O) groups is 2. The molecular formula is C28H33ClN4O3. The Hall–Kier alpha value is -3.39. The van der Waals surface area contributed by atoms with Crippen molar-refractivity contribution in [2.45, 2.75) is 44.9 Å². The smallest absolute Gasteiger partial charge is 0.243 e. The summed E-state index contributed by atoms with van der Waals surface area (Å²) in [5, 5.41) is 6.29. The van der Waals surface area contributed by atoms with Crippen LogP contribution in [-0.4, -0.2) is 30.5 Å². The lowest BCUT2D eigenvalue weighted by molar-refractivity contribution is -0.129.